The van der Waals surface area contributed by atoms with Gasteiger partial charge in [0.1, 0.15) is 12.0 Å². The van der Waals surface area contributed by atoms with Gasteiger partial charge >= 0.3 is 11.9 Å². The molecular formula is C23H27NO5. The third-order valence-corrected chi connectivity index (χ3v) is 4.83. The van der Waals surface area contributed by atoms with Crippen molar-refractivity contribution in [3.63, 3.8) is 0 Å². The van der Waals surface area contributed by atoms with E-state index in [0.717, 1.165) is 11.1 Å². The van der Waals surface area contributed by atoms with E-state index in [2.05, 4.69) is 5.32 Å². The van der Waals surface area contributed by atoms with E-state index in [1.54, 1.807) is 0 Å². The molecule has 29 heavy (non-hydrogen) atoms. The smallest absolute Gasteiger partial charge is 0.328 e. The van der Waals surface area contributed by atoms with Gasteiger partial charge < -0.3 is 14.8 Å². The van der Waals surface area contributed by atoms with Crippen LogP contribution in [-0.4, -0.2) is 37.6 Å². The van der Waals surface area contributed by atoms with E-state index < -0.39 is 36.4 Å². The van der Waals surface area contributed by atoms with Crippen LogP contribution in [0.2, 0.25) is 0 Å². The maximum absolute atomic E-state index is 12.8. The van der Waals surface area contributed by atoms with Gasteiger partial charge in [0.05, 0.1) is 7.11 Å². The molecule has 154 valence electrons. The van der Waals surface area contributed by atoms with Crippen LogP contribution in [0.15, 0.2) is 60.7 Å². The number of amides is 1. The lowest BCUT2D eigenvalue weighted by atomic mass is 9.91. The Hall–Kier alpha value is -3.15. The van der Waals surface area contributed by atoms with Gasteiger partial charge in [0.2, 0.25) is 0 Å². The SMILES string of the molecule is CC[C@@H](C)[C@@H](NC(=O)COC(=O)C(c1ccccc1)c1ccccc1)C(=O)OC. The third-order valence-electron chi connectivity index (χ3n) is 4.83. The van der Waals surface area contributed by atoms with Gasteiger partial charge in [-0.15, -0.1) is 0 Å². The summed E-state index contributed by atoms with van der Waals surface area (Å²) in [5.41, 5.74) is 1.55. The molecular weight excluding hydrogens is 370 g/mol. The van der Waals surface area contributed by atoms with Gasteiger partial charge in [-0.25, -0.2) is 4.79 Å². The van der Waals surface area contributed by atoms with Gasteiger partial charge in [0, 0.05) is 0 Å². The van der Waals surface area contributed by atoms with Crippen molar-refractivity contribution in [2.45, 2.75) is 32.2 Å². The lowest BCUT2D eigenvalue weighted by Gasteiger charge is -2.22. The van der Waals surface area contributed by atoms with Gasteiger partial charge in [0.25, 0.3) is 5.91 Å². The zero-order chi connectivity index (χ0) is 21.2. The van der Waals surface area contributed by atoms with E-state index in [9.17, 15) is 14.4 Å². The molecule has 0 fully saturated rings. The van der Waals surface area contributed by atoms with Crippen LogP contribution >= 0.6 is 0 Å². The van der Waals surface area contributed by atoms with E-state index in [1.165, 1.54) is 7.11 Å². The number of methoxy groups -OCH3 is 1. The number of carbonyl (C=O) groups is 3. The molecule has 2 aromatic rings. The molecule has 0 radical (unpaired) electrons. The summed E-state index contributed by atoms with van der Waals surface area (Å²) in [6.45, 7) is 3.28. The molecule has 0 heterocycles. The summed E-state index contributed by atoms with van der Waals surface area (Å²) in [5.74, 6) is -2.35. The molecule has 2 atom stereocenters. The highest BCUT2D eigenvalue weighted by Crippen LogP contribution is 2.25. The number of hydrogen-bond donors (Lipinski definition) is 1. The van der Waals surface area contributed by atoms with Gasteiger partial charge in [-0.1, -0.05) is 80.9 Å². The Bertz CT molecular complexity index is 767. The highest BCUT2D eigenvalue weighted by Gasteiger charge is 2.28. The predicted octanol–water partition coefficient (Wildman–Crippen LogP) is 3.07. The molecule has 0 aliphatic carbocycles. The summed E-state index contributed by atoms with van der Waals surface area (Å²) in [5, 5.41) is 2.60. The maximum atomic E-state index is 12.8. The summed E-state index contributed by atoms with van der Waals surface area (Å²) in [6.07, 6.45) is 0.684. The fourth-order valence-electron chi connectivity index (χ4n) is 2.99. The Morgan fingerprint density at radius 1 is 0.897 bits per heavy atom. The fourth-order valence-corrected chi connectivity index (χ4v) is 2.99. The van der Waals surface area contributed by atoms with Gasteiger partial charge in [-0.3, -0.25) is 9.59 Å². The Morgan fingerprint density at radius 3 is 1.86 bits per heavy atom. The van der Waals surface area contributed by atoms with Crippen LogP contribution < -0.4 is 5.32 Å². The quantitative estimate of drug-likeness (QED) is 0.658. The summed E-state index contributed by atoms with van der Waals surface area (Å²) >= 11 is 0. The molecule has 0 saturated carbocycles. The minimum Gasteiger partial charge on any atom is -0.467 e. The van der Waals surface area contributed by atoms with Crippen LogP contribution in [0, 0.1) is 5.92 Å². The maximum Gasteiger partial charge on any atom is 0.328 e. The average Bonchev–Trinajstić information content (AvgIpc) is 2.76. The second kappa shape index (κ2) is 11.0. The first kappa shape index (κ1) is 22.1. The number of hydrogen-bond acceptors (Lipinski definition) is 5. The Morgan fingerprint density at radius 2 is 1.41 bits per heavy atom. The molecule has 2 aromatic carbocycles. The van der Waals surface area contributed by atoms with Crippen LogP contribution in [-0.2, 0) is 23.9 Å². The fraction of sp³-hybridized carbons (Fsp3) is 0.348. The summed E-state index contributed by atoms with van der Waals surface area (Å²) in [7, 11) is 1.27. The van der Waals surface area contributed by atoms with Gasteiger partial charge in [-0.05, 0) is 17.0 Å². The lowest BCUT2D eigenvalue weighted by Crippen LogP contribution is -2.47. The van der Waals surface area contributed by atoms with Crippen molar-refractivity contribution < 1.29 is 23.9 Å². The third kappa shape index (κ3) is 6.17. The van der Waals surface area contributed by atoms with E-state index in [1.807, 2.05) is 74.5 Å². The first-order chi connectivity index (χ1) is 14.0. The molecule has 0 aliphatic heterocycles. The van der Waals surface area contributed by atoms with Crippen molar-refractivity contribution in [2.75, 3.05) is 13.7 Å². The number of nitrogens with one attached hydrogen (secondary N) is 1. The lowest BCUT2D eigenvalue weighted by molar-refractivity contribution is -0.151. The molecule has 1 amide bonds. The molecule has 0 aromatic heterocycles. The zero-order valence-corrected chi connectivity index (χ0v) is 17.0. The molecule has 6 nitrogen and oxygen atoms in total. The van der Waals surface area contributed by atoms with Crippen LogP contribution in [0.25, 0.3) is 0 Å². The summed E-state index contributed by atoms with van der Waals surface area (Å²) in [6, 6.07) is 17.7. The number of carbonyl (C=O) groups excluding carboxylic acids is 3. The number of ether oxygens (including phenoxy) is 2. The molecule has 6 heteroatoms. The van der Waals surface area contributed by atoms with Crippen molar-refractivity contribution in [2.24, 2.45) is 5.92 Å². The summed E-state index contributed by atoms with van der Waals surface area (Å²) < 4.78 is 10.1. The number of esters is 2. The first-order valence-electron chi connectivity index (χ1n) is 9.61. The minimum absolute atomic E-state index is 0.108. The molecule has 0 spiro atoms. The second-order valence-corrected chi connectivity index (χ2v) is 6.82. The van der Waals surface area contributed by atoms with Crippen LogP contribution in [0.1, 0.15) is 37.3 Å². The highest BCUT2D eigenvalue weighted by molar-refractivity contribution is 5.88. The topological polar surface area (TPSA) is 81.7 Å². The standard InChI is InChI=1S/C23H27NO5/c1-4-16(2)21(23(27)28-3)24-19(25)15-29-22(26)20(17-11-7-5-8-12-17)18-13-9-6-10-14-18/h5-14,16,20-21H,4,15H2,1-3H3,(H,24,25)/t16-,21-/m1/s1. The van der Waals surface area contributed by atoms with Crippen LogP contribution in [0.4, 0.5) is 0 Å². The second-order valence-electron chi connectivity index (χ2n) is 6.82. The number of rotatable bonds is 9. The van der Waals surface area contributed by atoms with E-state index >= 15 is 0 Å². The molecule has 2 rings (SSSR count). The largest absolute Gasteiger partial charge is 0.467 e. The van der Waals surface area contributed by atoms with Gasteiger partial charge in [-0.2, -0.15) is 0 Å². The normalized spacial score (nSPS) is 12.7. The van der Waals surface area contributed by atoms with Crippen molar-refractivity contribution in [3.8, 4) is 0 Å². The monoisotopic (exact) mass is 397 g/mol. The van der Waals surface area contributed by atoms with Crippen LogP contribution in [0.3, 0.4) is 0 Å². The Kier molecular flexibility index (Phi) is 8.40. The Labute approximate surface area is 171 Å². The molecule has 1 N–H and O–H groups in total. The molecule has 0 unspecified atom stereocenters. The van der Waals surface area contributed by atoms with Crippen molar-refractivity contribution in [3.05, 3.63) is 71.8 Å². The van der Waals surface area contributed by atoms with Gasteiger partial charge in [0.15, 0.2) is 6.61 Å². The van der Waals surface area contributed by atoms with E-state index in [0.29, 0.717) is 6.42 Å². The van der Waals surface area contributed by atoms with Crippen molar-refractivity contribution in [1.82, 2.24) is 5.32 Å². The van der Waals surface area contributed by atoms with Crippen molar-refractivity contribution in [1.29, 1.82) is 0 Å². The average molecular weight is 397 g/mol. The molecule has 0 bridgehead atoms. The minimum atomic E-state index is -0.782. The van der Waals surface area contributed by atoms with Crippen molar-refractivity contribution >= 4 is 17.8 Å². The van der Waals surface area contributed by atoms with E-state index in [-0.39, 0.29) is 5.92 Å². The van der Waals surface area contributed by atoms with E-state index in [4.69, 9.17) is 9.47 Å². The zero-order valence-electron chi connectivity index (χ0n) is 17.0. The highest BCUT2D eigenvalue weighted by atomic mass is 16.5. The molecule has 0 saturated heterocycles. The first-order valence-corrected chi connectivity index (χ1v) is 9.61. The molecule has 0 aliphatic rings. The Balaban J connectivity index is 2.08. The van der Waals surface area contributed by atoms with Crippen LogP contribution in [0.5, 0.6) is 0 Å². The number of benzene rings is 2. The summed E-state index contributed by atoms with van der Waals surface area (Å²) in [4.78, 5) is 37.0. The predicted molar refractivity (Wildman–Crippen MR) is 109 cm³/mol.